The minimum atomic E-state index is 0.478. The third-order valence-electron chi connectivity index (χ3n) is 2.01. The minimum Gasteiger partial charge on any atom is -0.493 e. The van der Waals surface area contributed by atoms with Crippen LogP contribution in [0.3, 0.4) is 0 Å². The summed E-state index contributed by atoms with van der Waals surface area (Å²) in [7, 11) is 3.15. The Kier molecular flexibility index (Phi) is 2.53. The van der Waals surface area contributed by atoms with Gasteiger partial charge in [-0.05, 0) is 12.1 Å². The molecule has 0 aliphatic rings. The minimum absolute atomic E-state index is 0.478. The number of para-hydroxylation sites is 1. The number of nitrogens with zero attached hydrogens (tertiary/aromatic N) is 2. The molecule has 1 aromatic heterocycles. The first-order valence-electron chi connectivity index (χ1n) is 4.34. The highest BCUT2D eigenvalue weighted by molar-refractivity contribution is 5.68. The fraction of sp³-hybridized carbons (Fsp3) is 0.200. The first-order valence-corrected chi connectivity index (χ1v) is 4.34. The first kappa shape index (κ1) is 9.51. The highest BCUT2D eigenvalue weighted by atomic mass is 16.5. The zero-order valence-electron chi connectivity index (χ0n) is 8.43. The van der Waals surface area contributed by atoms with Crippen LogP contribution in [0.1, 0.15) is 0 Å². The van der Waals surface area contributed by atoms with E-state index in [1.54, 1.807) is 14.2 Å². The van der Waals surface area contributed by atoms with Crippen LogP contribution in [0.25, 0.3) is 11.4 Å². The molecule has 0 aliphatic carbocycles. The molecule has 78 valence electrons. The lowest BCUT2D eigenvalue weighted by Gasteiger charge is -2.09. The number of aromatic nitrogens is 2. The Labute approximate surface area is 86.6 Å². The van der Waals surface area contributed by atoms with Crippen molar-refractivity contribution < 1.29 is 14.0 Å². The van der Waals surface area contributed by atoms with Gasteiger partial charge in [0.2, 0.25) is 12.2 Å². The van der Waals surface area contributed by atoms with E-state index in [9.17, 15) is 0 Å². The van der Waals surface area contributed by atoms with E-state index in [1.165, 1.54) is 6.39 Å². The first-order chi connectivity index (χ1) is 7.36. The van der Waals surface area contributed by atoms with Gasteiger partial charge in [-0.1, -0.05) is 11.2 Å². The summed E-state index contributed by atoms with van der Waals surface area (Å²) in [5, 5.41) is 3.75. The Hall–Kier alpha value is -2.04. The molecular formula is C10H10N2O3. The van der Waals surface area contributed by atoms with Gasteiger partial charge in [0.15, 0.2) is 11.5 Å². The summed E-state index contributed by atoms with van der Waals surface area (Å²) in [6, 6.07) is 5.49. The maximum absolute atomic E-state index is 5.24. The van der Waals surface area contributed by atoms with Crippen LogP contribution in [0.5, 0.6) is 11.5 Å². The molecule has 0 fully saturated rings. The van der Waals surface area contributed by atoms with Gasteiger partial charge in [-0.3, -0.25) is 0 Å². The Morgan fingerprint density at radius 2 is 2.07 bits per heavy atom. The van der Waals surface area contributed by atoms with Crippen LogP contribution >= 0.6 is 0 Å². The second-order valence-corrected chi connectivity index (χ2v) is 2.80. The smallest absolute Gasteiger partial charge is 0.214 e. The largest absolute Gasteiger partial charge is 0.493 e. The Bertz CT molecular complexity index is 440. The summed E-state index contributed by atoms with van der Waals surface area (Å²) >= 11 is 0. The molecule has 5 heteroatoms. The van der Waals surface area contributed by atoms with Gasteiger partial charge in [0.1, 0.15) is 0 Å². The van der Waals surface area contributed by atoms with E-state index in [4.69, 9.17) is 9.47 Å². The van der Waals surface area contributed by atoms with Crippen molar-refractivity contribution in [3.63, 3.8) is 0 Å². The van der Waals surface area contributed by atoms with Crippen LogP contribution < -0.4 is 9.47 Å². The van der Waals surface area contributed by atoms with Gasteiger partial charge in [0.25, 0.3) is 0 Å². The Morgan fingerprint density at radius 1 is 1.20 bits per heavy atom. The van der Waals surface area contributed by atoms with Crippen molar-refractivity contribution in [1.29, 1.82) is 0 Å². The van der Waals surface area contributed by atoms with Gasteiger partial charge >= 0.3 is 0 Å². The maximum Gasteiger partial charge on any atom is 0.214 e. The van der Waals surface area contributed by atoms with Gasteiger partial charge in [0, 0.05) is 0 Å². The van der Waals surface area contributed by atoms with Crippen molar-refractivity contribution in [2.45, 2.75) is 0 Å². The van der Waals surface area contributed by atoms with E-state index in [1.807, 2.05) is 18.2 Å². The molecular weight excluding hydrogens is 196 g/mol. The second-order valence-electron chi connectivity index (χ2n) is 2.80. The van der Waals surface area contributed by atoms with Gasteiger partial charge in [-0.25, -0.2) is 0 Å². The molecule has 0 saturated carbocycles. The summed E-state index contributed by atoms with van der Waals surface area (Å²) in [6.07, 6.45) is 1.27. The second kappa shape index (κ2) is 4.00. The molecule has 0 saturated heterocycles. The van der Waals surface area contributed by atoms with Crippen molar-refractivity contribution in [3.05, 3.63) is 24.6 Å². The molecule has 0 spiro atoms. The van der Waals surface area contributed by atoms with Crippen LogP contribution in [0, 0.1) is 0 Å². The summed E-state index contributed by atoms with van der Waals surface area (Å²) < 4.78 is 15.1. The standard InChI is InChI=1S/C10H10N2O3/c1-13-8-5-3-4-7(9(8)14-2)10-11-6-15-12-10/h3-6H,1-2H3. The van der Waals surface area contributed by atoms with Gasteiger partial charge in [-0.15, -0.1) is 0 Å². The zero-order valence-corrected chi connectivity index (χ0v) is 8.43. The van der Waals surface area contributed by atoms with E-state index in [0.29, 0.717) is 17.3 Å². The van der Waals surface area contributed by atoms with E-state index in [-0.39, 0.29) is 0 Å². The van der Waals surface area contributed by atoms with Crippen LogP contribution in [0.4, 0.5) is 0 Å². The van der Waals surface area contributed by atoms with Crippen LogP contribution in [-0.4, -0.2) is 24.4 Å². The van der Waals surface area contributed by atoms with Crippen molar-refractivity contribution >= 4 is 0 Å². The molecule has 15 heavy (non-hydrogen) atoms. The van der Waals surface area contributed by atoms with Crippen molar-refractivity contribution in [2.75, 3.05) is 14.2 Å². The topological polar surface area (TPSA) is 57.4 Å². The number of methoxy groups -OCH3 is 2. The van der Waals surface area contributed by atoms with E-state index in [2.05, 4.69) is 14.7 Å². The SMILES string of the molecule is COc1cccc(-c2ncon2)c1OC. The third-order valence-corrected chi connectivity index (χ3v) is 2.01. The lowest BCUT2D eigenvalue weighted by atomic mass is 10.2. The van der Waals surface area contributed by atoms with Crippen LogP contribution in [0.2, 0.25) is 0 Å². The average molecular weight is 206 g/mol. The quantitative estimate of drug-likeness (QED) is 0.765. The summed E-state index contributed by atoms with van der Waals surface area (Å²) in [6.45, 7) is 0. The molecule has 2 rings (SSSR count). The highest BCUT2D eigenvalue weighted by Crippen LogP contribution is 2.35. The predicted octanol–water partition coefficient (Wildman–Crippen LogP) is 1.75. The molecule has 0 unspecified atom stereocenters. The van der Waals surface area contributed by atoms with E-state index >= 15 is 0 Å². The fourth-order valence-electron chi connectivity index (χ4n) is 1.35. The van der Waals surface area contributed by atoms with Crippen LogP contribution in [-0.2, 0) is 0 Å². The average Bonchev–Trinajstić information content (AvgIpc) is 2.81. The van der Waals surface area contributed by atoms with Crippen molar-refractivity contribution in [2.24, 2.45) is 0 Å². The third kappa shape index (κ3) is 1.63. The number of hydrogen-bond acceptors (Lipinski definition) is 5. The summed E-state index contributed by atoms with van der Waals surface area (Å²) in [5.41, 5.74) is 0.741. The molecule has 1 aromatic carbocycles. The predicted molar refractivity (Wildman–Crippen MR) is 52.8 cm³/mol. The Balaban J connectivity index is 2.56. The number of benzene rings is 1. The van der Waals surface area contributed by atoms with Gasteiger partial charge in [0.05, 0.1) is 19.8 Å². The fourth-order valence-corrected chi connectivity index (χ4v) is 1.35. The zero-order chi connectivity index (χ0) is 10.7. The number of ether oxygens (including phenoxy) is 2. The number of rotatable bonds is 3. The molecule has 2 aromatic rings. The normalized spacial score (nSPS) is 10.0. The van der Waals surface area contributed by atoms with E-state index in [0.717, 1.165) is 5.56 Å². The van der Waals surface area contributed by atoms with Crippen molar-refractivity contribution in [3.8, 4) is 22.9 Å². The molecule has 0 bridgehead atoms. The van der Waals surface area contributed by atoms with Gasteiger partial charge in [-0.2, -0.15) is 4.98 Å². The summed E-state index contributed by atoms with van der Waals surface area (Å²) in [4.78, 5) is 3.96. The molecule has 5 nitrogen and oxygen atoms in total. The lowest BCUT2D eigenvalue weighted by molar-refractivity contribution is 0.355. The van der Waals surface area contributed by atoms with Gasteiger partial charge < -0.3 is 14.0 Å². The molecule has 1 heterocycles. The summed E-state index contributed by atoms with van der Waals surface area (Å²) in [5.74, 6) is 1.71. The molecule has 0 atom stereocenters. The number of hydrogen-bond donors (Lipinski definition) is 0. The monoisotopic (exact) mass is 206 g/mol. The molecule has 0 N–H and O–H groups in total. The maximum atomic E-state index is 5.24. The molecule has 0 aliphatic heterocycles. The van der Waals surface area contributed by atoms with Crippen molar-refractivity contribution in [1.82, 2.24) is 10.1 Å². The van der Waals surface area contributed by atoms with Crippen LogP contribution in [0.15, 0.2) is 29.1 Å². The molecule has 0 amide bonds. The Morgan fingerprint density at radius 3 is 2.67 bits per heavy atom. The highest BCUT2D eigenvalue weighted by Gasteiger charge is 2.14. The molecule has 0 radical (unpaired) electrons. The van der Waals surface area contributed by atoms with E-state index < -0.39 is 0 Å². The lowest BCUT2D eigenvalue weighted by Crippen LogP contribution is -1.93.